The van der Waals surface area contributed by atoms with E-state index in [9.17, 15) is 9.59 Å². The van der Waals surface area contributed by atoms with Crippen molar-refractivity contribution in [2.24, 2.45) is 5.92 Å². The molecule has 0 bridgehead atoms. The molecule has 132 valence electrons. The van der Waals surface area contributed by atoms with E-state index in [0.29, 0.717) is 12.5 Å². The zero-order valence-corrected chi connectivity index (χ0v) is 14.5. The predicted octanol–water partition coefficient (Wildman–Crippen LogP) is 3.17. The molecular formula is C19H27NO4. The van der Waals surface area contributed by atoms with Crippen LogP contribution in [0.25, 0.3) is 0 Å². The second-order valence-electron chi connectivity index (χ2n) is 6.80. The number of amides is 1. The summed E-state index contributed by atoms with van der Waals surface area (Å²) in [5.74, 6) is -0.525. The van der Waals surface area contributed by atoms with Crippen LogP contribution >= 0.6 is 0 Å². The van der Waals surface area contributed by atoms with Crippen LogP contribution in [0.3, 0.4) is 0 Å². The number of carbonyl (C=O) groups excluding carboxylic acids is 1. The molecule has 0 radical (unpaired) electrons. The number of hydrogen-bond donors (Lipinski definition) is 2. The van der Waals surface area contributed by atoms with Crippen LogP contribution in [0.2, 0.25) is 0 Å². The van der Waals surface area contributed by atoms with Gasteiger partial charge in [-0.15, -0.1) is 0 Å². The Balaban J connectivity index is 1.84. The maximum absolute atomic E-state index is 12.0. The summed E-state index contributed by atoms with van der Waals surface area (Å²) in [6.07, 6.45) is 5.82. The average Bonchev–Trinajstić information content (AvgIpc) is 3.03. The van der Waals surface area contributed by atoms with E-state index >= 15 is 0 Å². The predicted molar refractivity (Wildman–Crippen MR) is 92.1 cm³/mol. The summed E-state index contributed by atoms with van der Waals surface area (Å²) < 4.78 is 5.97. The van der Waals surface area contributed by atoms with Crippen LogP contribution in [0.1, 0.15) is 51.5 Å². The molecular weight excluding hydrogens is 306 g/mol. The van der Waals surface area contributed by atoms with Crippen molar-refractivity contribution in [3.63, 3.8) is 0 Å². The number of aliphatic carboxylic acids is 1. The third-order valence-corrected chi connectivity index (χ3v) is 4.39. The fourth-order valence-corrected chi connectivity index (χ4v) is 2.99. The number of ether oxygens (including phenoxy) is 1. The monoisotopic (exact) mass is 333 g/mol. The van der Waals surface area contributed by atoms with Gasteiger partial charge >= 0.3 is 5.97 Å². The summed E-state index contributed by atoms with van der Waals surface area (Å²) in [6.45, 7) is 3.56. The molecule has 2 rings (SSSR count). The zero-order chi connectivity index (χ0) is 17.5. The lowest BCUT2D eigenvalue weighted by molar-refractivity contribution is -0.143. The Morgan fingerprint density at radius 1 is 1.29 bits per heavy atom. The number of carbonyl (C=O) groups is 2. The summed E-state index contributed by atoms with van der Waals surface area (Å²) in [6, 6.07) is 6.98. The maximum atomic E-state index is 12.0. The van der Waals surface area contributed by atoms with Gasteiger partial charge in [0.25, 0.3) is 0 Å². The van der Waals surface area contributed by atoms with Crippen molar-refractivity contribution >= 4 is 11.9 Å². The number of hydrogen-bond acceptors (Lipinski definition) is 3. The minimum atomic E-state index is -0.995. The van der Waals surface area contributed by atoms with E-state index in [1.807, 2.05) is 24.3 Å². The molecule has 0 unspecified atom stereocenters. The van der Waals surface area contributed by atoms with Crippen molar-refractivity contribution in [2.75, 3.05) is 0 Å². The van der Waals surface area contributed by atoms with E-state index in [1.54, 1.807) is 13.8 Å². The Morgan fingerprint density at radius 3 is 2.62 bits per heavy atom. The van der Waals surface area contributed by atoms with E-state index in [4.69, 9.17) is 9.84 Å². The van der Waals surface area contributed by atoms with Crippen LogP contribution in [0.4, 0.5) is 0 Å². The number of carboxylic acid groups (broad SMARTS) is 1. The van der Waals surface area contributed by atoms with Crippen LogP contribution in [0, 0.1) is 5.92 Å². The van der Waals surface area contributed by atoms with Gasteiger partial charge in [0.05, 0.1) is 6.10 Å². The van der Waals surface area contributed by atoms with Crippen molar-refractivity contribution in [1.29, 1.82) is 0 Å². The molecule has 0 spiro atoms. The third kappa shape index (κ3) is 5.55. The molecule has 5 nitrogen and oxygen atoms in total. The number of rotatable bonds is 8. The lowest BCUT2D eigenvalue weighted by Crippen LogP contribution is -2.44. The van der Waals surface area contributed by atoms with Crippen LogP contribution in [-0.4, -0.2) is 29.1 Å². The number of carboxylic acids is 1. The van der Waals surface area contributed by atoms with Gasteiger partial charge in [0, 0.05) is 6.42 Å². The Bertz CT molecular complexity index is 564. The van der Waals surface area contributed by atoms with E-state index < -0.39 is 12.0 Å². The zero-order valence-electron chi connectivity index (χ0n) is 14.5. The highest BCUT2D eigenvalue weighted by Gasteiger charge is 2.23. The van der Waals surface area contributed by atoms with Crippen molar-refractivity contribution in [3.8, 4) is 5.75 Å². The summed E-state index contributed by atoms with van der Waals surface area (Å²) >= 11 is 0. The van der Waals surface area contributed by atoms with Crippen LogP contribution in [-0.2, 0) is 16.0 Å². The molecule has 1 saturated carbocycles. The normalized spacial score (nSPS) is 16.1. The highest BCUT2D eigenvalue weighted by molar-refractivity contribution is 5.83. The molecule has 1 aliphatic carbocycles. The molecule has 1 aliphatic rings. The maximum Gasteiger partial charge on any atom is 0.326 e. The number of benzene rings is 1. The molecule has 2 N–H and O–H groups in total. The molecule has 1 fully saturated rings. The molecule has 1 aromatic carbocycles. The summed E-state index contributed by atoms with van der Waals surface area (Å²) in [5, 5.41) is 11.7. The smallest absolute Gasteiger partial charge is 0.326 e. The fraction of sp³-hybridized carbons (Fsp3) is 0.579. The first kappa shape index (κ1) is 18.3. The minimum absolute atomic E-state index is 0.144. The average molecular weight is 333 g/mol. The molecule has 0 aliphatic heterocycles. The van der Waals surface area contributed by atoms with Crippen molar-refractivity contribution in [3.05, 3.63) is 29.8 Å². The second-order valence-corrected chi connectivity index (χ2v) is 6.80. The minimum Gasteiger partial charge on any atom is -0.490 e. The van der Waals surface area contributed by atoms with Gasteiger partial charge in [0.2, 0.25) is 5.91 Å². The van der Waals surface area contributed by atoms with Gasteiger partial charge in [-0.25, -0.2) is 4.79 Å². The number of aryl methyl sites for hydroxylation is 1. The van der Waals surface area contributed by atoms with Gasteiger partial charge in [0.1, 0.15) is 11.8 Å². The van der Waals surface area contributed by atoms with Gasteiger partial charge in [0.15, 0.2) is 0 Å². The van der Waals surface area contributed by atoms with Crippen molar-refractivity contribution < 1.29 is 19.4 Å². The lowest BCUT2D eigenvalue weighted by Gasteiger charge is -2.18. The van der Waals surface area contributed by atoms with Crippen LogP contribution < -0.4 is 10.1 Å². The lowest BCUT2D eigenvalue weighted by atomic mass is 10.0. The summed E-state index contributed by atoms with van der Waals surface area (Å²) in [5.41, 5.74) is 1.03. The van der Waals surface area contributed by atoms with Crippen LogP contribution in [0.5, 0.6) is 5.75 Å². The molecule has 0 heterocycles. The number of nitrogens with one attached hydrogen (secondary N) is 1. The summed E-state index contributed by atoms with van der Waals surface area (Å²) in [4.78, 5) is 23.1. The van der Waals surface area contributed by atoms with Gasteiger partial charge < -0.3 is 15.2 Å². The quantitative estimate of drug-likeness (QED) is 0.766. The van der Waals surface area contributed by atoms with E-state index in [2.05, 4.69) is 5.32 Å². The first-order valence-electron chi connectivity index (χ1n) is 8.73. The Kier molecular flexibility index (Phi) is 6.64. The van der Waals surface area contributed by atoms with E-state index in [0.717, 1.165) is 24.2 Å². The van der Waals surface area contributed by atoms with Gasteiger partial charge in [-0.3, -0.25) is 4.79 Å². The van der Waals surface area contributed by atoms with Gasteiger partial charge in [-0.05, 0) is 55.7 Å². The summed E-state index contributed by atoms with van der Waals surface area (Å²) in [7, 11) is 0. The van der Waals surface area contributed by atoms with E-state index in [1.165, 1.54) is 12.8 Å². The highest BCUT2D eigenvalue weighted by atomic mass is 16.5. The van der Waals surface area contributed by atoms with Crippen molar-refractivity contribution in [2.45, 2.75) is 64.5 Å². The first-order chi connectivity index (χ1) is 11.5. The third-order valence-electron chi connectivity index (χ3n) is 4.39. The van der Waals surface area contributed by atoms with Gasteiger partial charge in [-0.1, -0.05) is 26.0 Å². The molecule has 5 heteroatoms. The van der Waals surface area contributed by atoms with E-state index in [-0.39, 0.29) is 18.2 Å². The molecule has 0 saturated heterocycles. The Hall–Kier alpha value is -2.04. The SMILES string of the molecule is CC(C)[C@H](NC(=O)CCc1cccc(OC2CCCC2)c1)C(=O)O. The second kappa shape index (κ2) is 8.71. The Labute approximate surface area is 143 Å². The first-order valence-corrected chi connectivity index (χ1v) is 8.73. The molecule has 1 aromatic rings. The molecule has 1 amide bonds. The fourth-order valence-electron chi connectivity index (χ4n) is 2.99. The van der Waals surface area contributed by atoms with Gasteiger partial charge in [-0.2, -0.15) is 0 Å². The highest BCUT2D eigenvalue weighted by Crippen LogP contribution is 2.24. The molecule has 1 atom stereocenters. The molecule has 0 aromatic heterocycles. The Morgan fingerprint density at radius 2 is 2.00 bits per heavy atom. The van der Waals surface area contributed by atoms with Crippen LogP contribution in [0.15, 0.2) is 24.3 Å². The topological polar surface area (TPSA) is 75.6 Å². The molecule has 24 heavy (non-hydrogen) atoms. The standard InChI is InChI=1S/C19H27NO4/c1-13(2)18(19(22)23)20-17(21)11-10-14-6-5-9-16(12-14)24-15-7-3-4-8-15/h5-6,9,12-13,15,18H,3-4,7-8,10-11H2,1-2H3,(H,20,21)(H,22,23)/t18-/m0/s1. The van der Waals surface area contributed by atoms with Crippen molar-refractivity contribution in [1.82, 2.24) is 5.32 Å². The largest absolute Gasteiger partial charge is 0.490 e.